The number of hydrogen-bond donors (Lipinski definition) is 0. The average molecular weight is 176 g/mol. The van der Waals surface area contributed by atoms with Gasteiger partial charge in [0.2, 0.25) is 0 Å². The standard InChI is InChI=1S/C12H16O/c1-9(2)10-5-6-12-11(8-10)4-3-7-13-12/h5-6,8-9H,3-4,7H2,1-2H3. The average Bonchev–Trinajstić information content (AvgIpc) is 2.17. The Morgan fingerprint density at radius 3 is 2.92 bits per heavy atom. The van der Waals surface area contributed by atoms with Crippen LogP contribution in [-0.2, 0) is 6.42 Å². The molecule has 0 N–H and O–H groups in total. The molecule has 0 saturated heterocycles. The van der Waals surface area contributed by atoms with E-state index < -0.39 is 0 Å². The summed E-state index contributed by atoms with van der Waals surface area (Å²) in [4.78, 5) is 0. The van der Waals surface area contributed by atoms with Crippen molar-refractivity contribution >= 4 is 0 Å². The molecule has 1 aliphatic rings. The monoisotopic (exact) mass is 176 g/mol. The van der Waals surface area contributed by atoms with Gasteiger partial charge in [0.05, 0.1) is 6.61 Å². The maximum atomic E-state index is 5.56. The van der Waals surface area contributed by atoms with Gasteiger partial charge in [0.15, 0.2) is 0 Å². The molecule has 70 valence electrons. The number of aryl methyl sites for hydroxylation is 1. The molecule has 0 amide bonds. The van der Waals surface area contributed by atoms with Crippen molar-refractivity contribution in [2.75, 3.05) is 6.61 Å². The van der Waals surface area contributed by atoms with Crippen molar-refractivity contribution in [3.05, 3.63) is 29.3 Å². The summed E-state index contributed by atoms with van der Waals surface area (Å²) in [6, 6.07) is 6.58. The van der Waals surface area contributed by atoms with Crippen LogP contribution in [0.4, 0.5) is 0 Å². The lowest BCUT2D eigenvalue weighted by Crippen LogP contribution is -2.08. The molecule has 0 bridgehead atoms. The Balaban J connectivity index is 2.35. The van der Waals surface area contributed by atoms with Crippen LogP contribution >= 0.6 is 0 Å². The van der Waals surface area contributed by atoms with Crippen LogP contribution in [0.2, 0.25) is 0 Å². The van der Waals surface area contributed by atoms with Crippen LogP contribution in [0.3, 0.4) is 0 Å². The van der Waals surface area contributed by atoms with Gasteiger partial charge in [0.25, 0.3) is 0 Å². The Morgan fingerprint density at radius 2 is 2.15 bits per heavy atom. The van der Waals surface area contributed by atoms with E-state index in [1.54, 1.807) is 0 Å². The van der Waals surface area contributed by atoms with Crippen molar-refractivity contribution in [3.8, 4) is 5.75 Å². The van der Waals surface area contributed by atoms with Crippen LogP contribution in [0.1, 0.15) is 37.3 Å². The van der Waals surface area contributed by atoms with Crippen molar-refractivity contribution in [2.45, 2.75) is 32.6 Å². The fraction of sp³-hybridized carbons (Fsp3) is 0.500. The van der Waals surface area contributed by atoms with Crippen LogP contribution in [0.15, 0.2) is 18.2 Å². The topological polar surface area (TPSA) is 9.23 Å². The number of benzene rings is 1. The molecule has 0 fully saturated rings. The molecule has 0 atom stereocenters. The summed E-state index contributed by atoms with van der Waals surface area (Å²) < 4.78 is 5.56. The quantitative estimate of drug-likeness (QED) is 0.638. The van der Waals surface area contributed by atoms with E-state index in [2.05, 4.69) is 32.0 Å². The molecule has 0 unspecified atom stereocenters. The first-order valence-electron chi connectivity index (χ1n) is 5.03. The predicted molar refractivity (Wildman–Crippen MR) is 54.3 cm³/mol. The predicted octanol–water partition coefficient (Wildman–Crippen LogP) is 3.14. The lowest BCUT2D eigenvalue weighted by molar-refractivity contribution is 0.288. The van der Waals surface area contributed by atoms with E-state index in [9.17, 15) is 0 Å². The zero-order valence-corrected chi connectivity index (χ0v) is 8.34. The lowest BCUT2D eigenvalue weighted by Gasteiger charge is -2.18. The molecule has 1 aromatic rings. The minimum absolute atomic E-state index is 0.618. The molecule has 13 heavy (non-hydrogen) atoms. The van der Waals surface area contributed by atoms with E-state index in [-0.39, 0.29) is 0 Å². The summed E-state index contributed by atoms with van der Waals surface area (Å²) in [5.74, 6) is 1.71. The Bertz CT molecular complexity index is 302. The molecular formula is C12H16O. The highest BCUT2D eigenvalue weighted by Gasteiger charge is 2.11. The van der Waals surface area contributed by atoms with Gasteiger partial charge in [-0.15, -0.1) is 0 Å². The fourth-order valence-corrected chi connectivity index (χ4v) is 1.74. The van der Waals surface area contributed by atoms with Crippen molar-refractivity contribution < 1.29 is 4.74 Å². The van der Waals surface area contributed by atoms with Gasteiger partial charge in [-0.2, -0.15) is 0 Å². The van der Waals surface area contributed by atoms with Crippen LogP contribution in [-0.4, -0.2) is 6.61 Å². The molecule has 2 rings (SSSR count). The summed E-state index contributed by atoms with van der Waals surface area (Å²) in [6.45, 7) is 5.34. The second-order valence-electron chi connectivity index (χ2n) is 3.97. The van der Waals surface area contributed by atoms with E-state index in [0.717, 1.165) is 18.8 Å². The molecule has 1 aliphatic heterocycles. The van der Waals surface area contributed by atoms with E-state index in [0.29, 0.717) is 5.92 Å². The van der Waals surface area contributed by atoms with Crippen molar-refractivity contribution in [2.24, 2.45) is 0 Å². The van der Waals surface area contributed by atoms with Gasteiger partial charge in [-0.3, -0.25) is 0 Å². The third-order valence-corrected chi connectivity index (χ3v) is 2.60. The van der Waals surface area contributed by atoms with E-state index in [4.69, 9.17) is 4.74 Å². The number of ether oxygens (including phenoxy) is 1. The minimum atomic E-state index is 0.618. The van der Waals surface area contributed by atoms with Gasteiger partial charge < -0.3 is 4.74 Å². The van der Waals surface area contributed by atoms with Crippen molar-refractivity contribution in [1.82, 2.24) is 0 Å². The largest absolute Gasteiger partial charge is 0.493 e. The summed E-state index contributed by atoms with van der Waals surface area (Å²) in [7, 11) is 0. The third-order valence-electron chi connectivity index (χ3n) is 2.60. The zero-order chi connectivity index (χ0) is 9.26. The lowest BCUT2D eigenvalue weighted by atomic mass is 9.97. The Kier molecular flexibility index (Phi) is 2.26. The number of hydrogen-bond acceptors (Lipinski definition) is 1. The molecule has 1 heteroatoms. The Morgan fingerprint density at radius 1 is 1.31 bits per heavy atom. The van der Waals surface area contributed by atoms with Gasteiger partial charge in [-0.05, 0) is 36.0 Å². The highest BCUT2D eigenvalue weighted by atomic mass is 16.5. The maximum Gasteiger partial charge on any atom is 0.122 e. The van der Waals surface area contributed by atoms with Crippen LogP contribution in [0, 0.1) is 0 Å². The molecule has 0 aromatic heterocycles. The van der Waals surface area contributed by atoms with E-state index in [1.807, 2.05) is 0 Å². The van der Waals surface area contributed by atoms with E-state index >= 15 is 0 Å². The first kappa shape index (κ1) is 8.61. The molecule has 0 saturated carbocycles. The van der Waals surface area contributed by atoms with Crippen molar-refractivity contribution in [3.63, 3.8) is 0 Å². The summed E-state index contributed by atoms with van der Waals surface area (Å²) in [5.41, 5.74) is 2.81. The maximum absolute atomic E-state index is 5.56. The minimum Gasteiger partial charge on any atom is -0.493 e. The molecule has 0 spiro atoms. The second-order valence-corrected chi connectivity index (χ2v) is 3.97. The van der Waals surface area contributed by atoms with Crippen LogP contribution < -0.4 is 4.74 Å². The first-order chi connectivity index (χ1) is 6.27. The highest BCUT2D eigenvalue weighted by Crippen LogP contribution is 2.27. The van der Waals surface area contributed by atoms with Gasteiger partial charge in [0.1, 0.15) is 5.75 Å². The SMILES string of the molecule is CC(C)c1ccc2c(c1)CCCO2. The van der Waals surface area contributed by atoms with Gasteiger partial charge >= 0.3 is 0 Å². The fourth-order valence-electron chi connectivity index (χ4n) is 1.74. The zero-order valence-electron chi connectivity index (χ0n) is 8.34. The van der Waals surface area contributed by atoms with Gasteiger partial charge in [-0.25, -0.2) is 0 Å². The number of rotatable bonds is 1. The second kappa shape index (κ2) is 3.41. The summed E-state index contributed by atoms with van der Waals surface area (Å²) >= 11 is 0. The molecular weight excluding hydrogens is 160 g/mol. The Labute approximate surface area is 79.7 Å². The van der Waals surface area contributed by atoms with Crippen LogP contribution in [0.5, 0.6) is 5.75 Å². The highest BCUT2D eigenvalue weighted by molar-refractivity contribution is 5.39. The van der Waals surface area contributed by atoms with Gasteiger partial charge in [0, 0.05) is 0 Å². The smallest absolute Gasteiger partial charge is 0.122 e. The van der Waals surface area contributed by atoms with Crippen molar-refractivity contribution in [1.29, 1.82) is 0 Å². The molecule has 1 aromatic carbocycles. The molecule has 1 nitrogen and oxygen atoms in total. The first-order valence-corrected chi connectivity index (χ1v) is 5.03. The molecule has 1 heterocycles. The number of fused-ring (bicyclic) bond motifs is 1. The molecule has 0 aliphatic carbocycles. The third kappa shape index (κ3) is 1.69. The molecule has 0 radical (unpaired) electrons. The Hall–Kier alpha value is -0.980. The summed E-state index contributed by atoms with van der Waals surface area (Å²) in [5, 5.41) is 0. The van der Waals surface area contributed by atoms with E-state index in [1.165, 1.54) is 17.5 Å². The summed E-state index contributed by atoms with van der Waals surface area (Å²) in [6.07, 6.45) is 2.34. The van der Waals surface area contributed by atoms with Crippen LogP contribution in [0.25, 0.3) is 0 Å². The normalized spacial score (nSPS) is 15.3. The van der Waals surface area contributed by atoms with Gasteiger partial charge in [-0.1, -0.05) is 26.0 Å².